The second-order valence-electron chi connectivity index (χ2n) is 4.18. The number of nitrogens with zero attached hydrogens (tertiary/aromatic N) is 2. The first-order chi connectivity index (χ1) is 6.70. The van der Waals surface area contributed by atoms with E-state index in [4.69, 9.17) is 10.1 Å². The van der Waals surface area contributed by atoms with E-state index in [0.29, 0.717) is 0 Å². The quantitative estimate of drug-likeness (QED) is 0.505. The first kappa shape index (κ1) is 13.4. The summed E-state index contributed by atoms with van der Waals surface area (Å²) < 4.78 is 4.94. The van der Waals surface area contributed by atoms with Crippen LogP contribution in [-0.2, 0) is 4.74 Å². The largest absolute Gasteiger partial charge is 0.444 e. The van der Waals surface area contributed by atoms with Gasteiger partial charge in [-0.05, 0) is 20.8 Å². The van der Waals surface area contributed by atoms with Gasteiger partial charge in [-0.3, -0.25) is 10.7 Å². The fourth-order valence-electron chi connectivity index (χ4n) is 0.606. The van der Waals surface area contributed by atoms with Gasteiger partial charge in [0.15, 0.2) is 0 Å². The molecule has 2 N–H and O–H groups in total. The molecule has 0 aromatic heterocycles. The zero-order valence-electron chi connectivity index (χ0n) is 9.79. The van der Waals surface area contributed by atoms with Crippen molar-refractivity contribution in [1.29, 1.82) is 5.41 Å². The lowest BCUT2D eigenvalue weighted by Crippen LogP contribution is -2.35. The molecule has 0 bridgehead atoms. The van der Waals surface area contributed by atoms with Gasteiger partial charge in [0, 0.05) is 14.1 Å². The van der Waals surface area contributed by atoms with Crippen molar-refractivity contribution in [1.82, 2.24) is 10.2 Å². The average molecular weight is 214 g/mol. The minimum Gasteiger partial charge on any atom is -0.444 e. The van der Waals surface area contributed by atoms with Crippen LogP contribution in [-0.4, -0.2) is 43.0 Å². The molecule has 0 rings (SSSR count). The molecule has 0 heterocycles. The molecule has 0 saturated carbocycles. The highest BCUT2D eigenvalue weighted by Crippen LogP contribution is 2.06. The second-order valence-corrected chi connectivity index (χ2v) is 4.18. The van der Waals surface area contributed by atoms with Crippen LogP contribution in [0.3, 0.4) is 0 Å². The zero-order chi connectivity index (χ0) is 12.1. The fourth-order valence-corrected chi connectivity index (χ4v) is 0.606. The third-order valence-corrected chi connectivity index (χ3v) is 1.04. The number of carbonyl (C=O) groups excluding carboxylic acids is 1. The summed E-state index contributed by atoms with van der Waals surface area (Å²) in [6, 6.07) is 0. The number of nitrogens with one attached hydrogen (secondary N) is 2. The Labute approximate surface area is 89.8 Å². The third kappa shape index (κ3) is 8.73. The van der Waals surface area contributed by atoms with Crippen molar-refractivity contribution in [2.24, 2.45) is 4.99 Å². The summed E-state index contributed by atoms with van der Waals surface area (Å²) in [5.41, 5.74) is -0.574. The van der Waals surface area contributed by atoms with Gasteiger partial charge in [-0.25, -0.2) is 9.79 Å². The molecule has 1 amide bonds. The summed E-state index contributed by atoms with van der Waals surface area (Å²) in [4.78, 5) is 16.5. The van der Waals surface area contributed by atoms with Crippen LogP contribution >= 0.6 is 0 Å². The Kier molecular flexibility index (Phi) is 4.77. The summed E-state index contributed by atoms with van der Waals surface area (Å²) in [5, 5.41) is 9.47. The Morgan fingerprint density at radius 1 is 1.47 bits per heavy atom. The Bertz CT molecular complexity index is 266. The number of guanidine groups is 1. The van der Waals surface area contributed by atoms with Gasteiger partial charge in [-0.1, -0.05) is 0 Å². The van der Waals surface area contributed by atoms with Crippen LogP contribution in [0.1, 0.15) is 20.8 Å². The lowest BCUT2D eigenvalue weighted by molar-refractivity contribution is 0.0562. The Balaban J connectivity index is 4.03. The van der Waals surface area contributed by atoms with Gasteiger partial charge in [-0.15, -0.1) is 0 Å². The summed E-state index contributed by atoms with van der Waals surface area (Å²) in [6.45, 7) is 5.25. The predicted molar refractivity (Wildman–Crippen MR) is 59.3 cm³/mol. The highest BCUT2D eigenvalue weighted by molar-refractivity contribution is 5.95. The highest BCUT2D eigenvalue weighted by atomic mass is 16.6. The molecule has 0 aromatic carbocycles. The Hall–Kier alpha value is -1.59. The maximum atomic E-state index is 11.2. The van der Waals surface area contributed by atoms with E-state index in [0.717, 1.165) is 0 Å². The molecule has 0 saturated heterocycles. The standard InChI is InChI=1S/C9H18N4O2/c1-9(2,3)15-8(14)12-7(10)11-6-13(4)5/h6H,1-5H3,(H2,10,12,14). The van der Waals surface area contributed by atoms with E-state index in [1.54, 1.807) is 39.8 Å². The number of amides is 1. The van der Waals surface area contributed by atoms with Crippen LogP contribution in [0, 0.1) is 5.41 Å². The van der Waals surface area contributed by atoms with Crippen molar-refractivity contribution in [3.05, 3.63) is 0 Å². The molecule has 15 heavy (non-hydrogen) atoms. The van der Waals surface area contributed by atoms with Crippen molar-refractivity contribution in [2.75, 3.05) is 14.1 Å². The smallest absolute Gasteiger partial charge is 0.414 e. The number of hydrogen-bond acceptors (Lipinski definition) is 3. The molecule has 86 valence electrons. The van der Waals surface area contributed by atoms with E-state index in [1.807, 2.05) is 0 Å². The summed E-state index contributed by atoms with van der Waals surface area (Å²) in [7, 11) is 3.54. The molecule has 0 aliphatic rings. The van der Waals surface area contributed by atoms with Crippen molar-refractivity contribution >= 4 is 18.4 Å². The number of alkyl carbamates (subject to hydrolysis) is 1. The van der Waals surface area contributed by atoms with Crippen molar-refractivity contribution in [2.45, 2.75) is 26.4 Å². The van der Waals surface area contributed by atoms with Gasteiger partial charge in [-0.2, -0.15) is 0 Å². The van der Waals surface area contributed by atoms with E-state index >= 15 is 0 Å². The van der Waals surface area contributed by atoms with E-state index in [2.05, 4.69) is 10.3 Å². The second kappa shape index (κ2) is 5.33. The van der Waals surface area contributed by atoms with Gasteiger partial charge in [0.05, 0.1) is 6.34 Å². The summed E-state index contributed by atoms with van der Waals surface area (Å²) in [6.07, 6.45) is 0.739. The molecule has 6 heteroatoms. The van der Waals surface area contributed by atoms with E-state index < -0.39 is 11.7 Å². The van der Waals surface area contributed by atoms with E-state index in [1.165, 1.54) is 6.34 Å². The molecular weight excluding hydrogens is 196 g/mol. The monoisotopic (exact) mass is 214 g/mol. The number of rotatable bonds is 1. The molecule has 0 aliphatic carbocycles. The topological polar surface area (TPSA) is 77.8 Å². The van der Waals surface area contributed by atoms with Crippen LogP contribution in [0.4, 0.5) is 4.79 Å². The van der Waals surface area contributed by atoms with Crippen LogP contribution in [0.2, 0.25) is 0 Å². The molecule has 0 aromatic rings. The molecule has 0 radical (unpaired) electrons. The first-order valence-corrected chi connectivity index (χ1v) is 4.50. The third-order valence-electron chi connectivity index (χ3n) is 1.04. The van der Waals surface area contributed by atoms with Gasteiger partial charge in [0.1, 0.15) is 5.60 Å². The molecule has 6 nitrogen and oxygen atoms in total. The van der Waals surface area contributed by atoms with Crippen molar-refractivity contribution < 1.29 is 9.53 Å². The molecule has 0 fully saturated rings. The van der Waals surface area contributed by atoms with Gasteiger partial charge >= 0.3 is 6.09 Å². The minimum absolute atomic E-state index is 0.252. The number of hydrogen-bond donors (Lipinski definition) is 2. The summed E-state index contributed by atoms with van der Waals surface area (Å²) in [5.74, 6) is -0.252. The van der Waals surface area contributed by atoms with E-state index in [9.17, 15) is 4.79 Å². The number of carbonyl (C=O) groups is 1. The predicted octanol–water partition coefficient (Wildman–Crippen LogP) is 1.04. The maximum absolute atomic E-state index is 11.2. The van der Waals surface area contributed by atoms with Crippen LogP contribution < -0.4 is 5.32 Å². The molecule has 0 aliphatic heterocycles. The van der Waals surface area contributed by atoms with Crippen LogP contribution in [0.15, 0.2) is 4.99 Å². The van der Waals surface area contributed by atoms with E-state index in [-0.39, 0.29) is 5.96 Å². The Morgan fingerprint density at radius 3 is 2.40 bits per heavy atom. The molecule has 0 atom stereocenters. The lowest BCUT2D eigenvalue weighted by Gasteiger charge is -2.19. The normalized spacial score (nSPS) is 11.3. The SMILES string of the molecule is CN(C)C=NC(=N)NC(=O)OC(C)(C)C. The average Bonchev–Trinajstić information content (AvgIpc) is 1.96. The highest BCUT2D eigenvalue weighted by Gasteiger charge is 2.16. The number of ether oxygens (including phenoxy) is 1. The van der Waals surface area contributed by atoms with Crippen LogP contribution in [0.25, 0.3) is 0 Å². The van der Waals surface area contributed by atoms with Crippen LogP contribution in [0.5, 0.6) is 0 Å². The Morgan fingerprint density at radius 2 is 2.00 bits per heavy atom. The van der Waals surface area contributed by atoms with Gasteiger partial charge in [0.25, 0.3) is 0 Å². The van der Waals surface area contributed by atoms with Crippen molar-refractivity contribution in [3.63, 3.8) is 0 Å². The maximum Gasteiger partial charge on any atom is 0.414 e. The lowest BCUT2D eigenvalue weighted by atomic mass is 10.2. The summed E-state index contributed by atoms with van der Waals surface area (Å²) >= 11 is 0. The molecule has 0 unspecified atom stereocenters. The molecular formula is C9H18N4O2. The molecule has 0 spiro atoms. The fraction of sp³-hybridized carbons (Fsp3) is 0.667. The number of aliphatic imine (C=N–C) groups is 1. The van der Waals surface area contributed by atoms with Crippen molar-refractivity contribution in [3.8, 4) is 0 Å². The zero-order valence-corrected chi connectivity index (χ0v) is 9.79. The van der Waals surface area contributed by atoms with Gasteiger partial charge in [0.2, 0.25) is 5.96 Å². The first-order valence-electron chi connectivity index (χ1n) is 4.50. The van der Waals surface area contributed by atoms with Gasteiger partial charge < -0.3 is 9.64 Å². The minimum atomic E-state index is -0.677.